The zero-order valence-electron chi connectivity index (χ0n) is 10.9. The lowest BCUT2D eigenvalue weighted by atomic mass is 10.1. The van der Waals surface area contributed by atoms with Crippen LogP contribution in [0.3, 0.4) is 0 Å². The molecule has 2 N–H and O–H groups in total. The summed E-state index contributed by atoms with van der Waals surface area (Å²) in [5.41, 5.74) is 8.04. The van der Waals surface area contributed by atoms with Gasteiger partial charge in [0.1, 0.15) is 11.6 Å². The average molecular weight is 308 g/mol. The average Bonchev–Trinajstić information content (AvgIpc) is 2.35. The summed E-state index contributed by atoms with van der Waals surface area (Å²) in [6.07, 6.45) is 0. The Hall–Kier alpha value is -1.96. The molecule has 0 aliphatic rings. The molecular weight excluding hydrogens is 297 g/mol. The maximum Gasteiger partial charge on any atom is 0.237 e. The molecule has 0 unspecified atom stereocenters. The lowest BCUT2D eigenvalue weighted by Crippen LogP contribution is -1.99. The van der Waals surface area contributed by atoms with Crippen LogP contribution in [-0.4, -0.2) is 4.98 Å². The molecule has 0 radical (unpaired) electrons. The molecule has 0 fully saturated rings. The van der Waals surface area contributed by atoms with E-state index in [1.165, 1.54) is 12.1 Å². The molecule has 0 amide bonds. The Morgan fingerprint density at radius 3 is 2.50 bits per heavy atom. The van der Waals surface area contributed by atoms with Crippen molar-refractivity contribution in [2.45, 2.75) is 13.8 Å². The topological polar surface area (TPSA) is 71.9 Å². The van der Waals surface area contributed by atoms with E-state index in [4.69, 9.17) is 33.7 Å². The molecule has 1 aromatic carbocycles. The van der Waals surface area contributed by atoms with Crippen molar-refractivity contribution in [1.29, 1.82) is 5.26 Å². The summed E-state index contributed by atoms with van der Waals surface area (Å²) in [5, 5.41) is 9.84. The molecule has 20 heavy (non-hydrogen) atoms. The first-order valence-corrected chi connectivity index (χ1v) is 6.48. The fourth-order valence-corrected chi connectivity index (χ4v) is 2.07. The van der Waals surface area contributed by atoms with Gasteiger partial charge in [-0.3, -0.25) is 0 Å². The van der Waals surface area contributed by atoms with E-state index < -0.39 is 0 Å². The first-order valence-electron chi connectivity index (χ1n) is 5.73. The van der Waals surface area contributed by atoms with Crippen molar-refractivity contribution in [3.63, 3.8) is 0 Å². The highest BCUT2D eigenvalue weighted by Crippen LogP contribution is 2.35. The number of hydrogen-bond donors (Lipinski definition) is 1. The quantitative estimate of drug-likeness (QED) is 0.842. The number of ether oxygens (including phenoxy) is 1. The Morgan fingerprint density at radius 1 is 1.20 bits per heavy atom. The third-order valence-electron chi connectivity index (χ3n) is 2.68. The van der Waals surface area contributed by atoms with E-state index in [-0.39, 0.29) is 5.88 Å². The van der Waals surface area contributed by atoms with Crippen LogP contribution >= 0.6 is 23.2 Å². The van der Waals surface area contributed by atoms with Crippen LogP contribution in [0, 0.1) is 25.2 Å². The minimum absolute atomic E-state index is 0.204. The summed E-state index contributed by atoms with van der Waals surface area (Å²) in [4.78, 5) is 4.22. The molecule has 2 rings (SSSR count). The number of nitrogens with two attached hydrogens (primary N) is 1. The van der Waals surface area contributed by atoms with Crippen molar-refractivity contribution in [3.05, 3.63) is 45.1 Å². The highest BCUT2D eigenvalue weighted by molar-refractivity contribution is 6.42. The lowest BCUT2D eigenvalue weighted by molar-refractivity contribution is 0.461. The van der Waals surface area contributed by atoms with E-state index in [1.54, 1.807) is 0 Å². The monoisotopic (exact) mass is 307 g/mol. The molecule has 0 saturated carbocycles. The number of pyridine rings is 1. The molecule has 0 saturated heterocycles. The fourth-order valence-electron chi connectivity index (χ4n) is 1.75. The Bertz CT molecular complexity index is 723. The van der Waals surface area contributed by atoms with Crippen LogP contribution in [0.15, 0.2) is 18.2 Å². The molecule has 0 atom stereocenters. The van der Waals surface area contributed by atoms with E-state index >= 15 is 0 Å². The van der Waals surface area contributed by atoms with Crippen molar-refractivity contribution in [3.8, 4) is 17.7 Å². The van der Waals surface area contributed by atoms with Crippen LogP contribution < -0.4 is 10.5 Å². The molecule has 4 nitrogen and oxygen atoms in total. The standard InChI is InChI=1S/C14H11Cl2N3O/c1-7-3-8(2)19-14(9(7)6-17)20-13-5-11(16)10(15)4-12(13)18/h3-5H,18H2,1-2H3. The molecule has 0 aliphatic heterocycles. The third kappa shape index (κ3) is 2.79. The molecule has 6 heteroatoms. The van der Waals surface area contributed by atoms with Crippen LogP contribution in [-0.2, 0) is 0 Å². The second-order valence-corrected chi connectivity index (χ2v) is 5.09. The third-order valence-corrected chi connectivity index (χ3v) is 3.40. The molecule has 0 bridgehead atoms. The summed E-state index contributed by atoms with van der Waals surface area (Å²) in [6.45, 7) is 3.64. The van der Waals surface area contributed by atoms with Crippen molar-refractivity contribution in [2.75, 3.05) is 5.73 Å². The molecule has 0 aliphatic carbocycles. The Morgan fingerprint density at radius 2 is 1.85 bits per heavy atom. The van der Waals surface area contributed by atoms with Gasteiger partial charge in [0.25, 0.3) is 0 Å². The number of nitrogen functional groups attached to an aromatic ring is 1. The van der Waals surface area contributed by atoms with Gasteiger partial charge in [0.05, 0.1) is 15.7 Å². The Kier molecular flexibility index (Phi) is 4.03. The van der Waals surface area contributed by atoms with E-state index in [9.17, 15) is 5.26 Å². The van der Waals surface area contributed by atoms with E-state index in [1.807, 2.05) is 19.9 Å². The van der Waals surface area contributed by atoms with Crippen molar-refractivity contribution in [2.24, 2.45) is 0 Å². The van der Waals surface area contributed by atoms with Gasteiger partial charge in [-0.25, -0.2) is 4.98 Å². The maximum atomic E-state index is 9.19. The smallest absolute Gasteiger partial charge is 0.237 e. The highest BCUT2D eigenvalue weighted by Gasteiger charge is 2.13. The van der Waals surface area contributed by atoms with Crippen LogP contribution in [0.4, 0.5) is 5.69 Å². The number of anilines is 1. The largest absolute Gasteiger partial charge is 0.435 e. The van der Waals surface area contributed by atoms with Gasteiger partial charge in [0, 0.05) is 11.8 Å². The number of nitriles is 1. The number of halogens is 2. The number of aromatic nitrogens is 1. The van der Waals surface area contributed by atoms with Gasteiger partial charge < -0.3 is 10.5 Å². The number of rotatable bonds is 2. The summed E-state index contributed by atoms with van der Waals surface area (Å²) in [6, 6.07) is 6.87. The Labute approximate surface area is 126 Å². The molecular formula is C14H11Cl2N3O. The predicted octanol–water partition coefficient (Wildman–Crippen LogP) is 4.25. The second-order valence-electron chi connectivity index (χ2n) is 4.28. The minimum atomic E-state index is 0.204. The highest BCUT2D eigenvalue weighted by atomic mass is 35.5. The summed E-state index contributed by atoms with van der Waals surface area (Å²) < 4.78 is 5.63. The van der Waals surface area contributed by atoms with Gasteiger partial charge in [-0.15, -0.1) is 0 Å². The summed E-state index contributed by atoms with van der Waals surface area (Å²) in [5.74, 6) is 0.517. The zero-order valence-corrected chi connectivity index (χ0v) is 12.4. The molecule has 1 aromatic heterocycles. The maximum absolute atomic E-state index is 9.19. The summed E-state index contributed by atoms with van der Waals surface area (Å²) in [7, 11) is 0. The first-order chi connectivity index (χ1) is 9.42. The molecule has 1 heterocycles. The number of benzene rings is 1. The van der Waals surface area contributed by atoms with Gasteiger partial charge in [-0.2, -0.15) is 5.26 Å². The zero-order chi connectivity index (χ0) is 14.9. The molecule has 102 valence electrons. The summed E-state index contributed by atoms with van der Waals surface area (Å²) >= 11 is 11.8. The molecule has 0 spiro atoms. The van der Waals surface area contributed by atoms with E-state index in [0.717, 1.165) is 11.3 Å². The van der Waals surface area contributed by atoms with Gasteiger partial charge in [-0.1, -0.05) is 23.2 Å². The number of nitrogens with zero attached hydrogens (tertiary/aromatic N) is 2. The van der Waals surface area contributed by atoms with E-state index in [0.29, 0.717) is 27.0 Å². The van der Waals surface area contributed by atoms with Crippen LogP contribution in [0.1, 0.15) is 16.8 Å². The minimum Gasteiger partial charge on any atom is -0.435 e. The van der Waals surface area contributed by atoms with Crippen LogP contribution in [0.2, 0.25) is 10.0 Å². The van der Waals surface area contributed by atoms with E-state index in [2.05, 4.69) is 11.1 Å². The van der Waals surface area contributed by atoms with Crippen molar-refractivity contribution >= 4 is 28.9 Å². The molecule has 2 aromatic rings. The number of aryl methyl sites for hydroxylation is 2. The lowest BCUT2D eigenvalue weighted by Gasteiger charge is -2.12. The predicted molar refractivity (Wildman–Crippen MR) is 79.4 cm³/mol. The normalized spacial score (nSPS) is 10.2. The van der Waals surface area contributed by atoms with Crippen molar-refractivity contribution < 1.29 is 4.74 Å². The SMILES string of the molecule is Cc1cc(C)c(C#N)c(Oc2cc(Cl)c(Cl)cc2N)n1. The van der Waals surface area contributed by atoms with Gasteiger partial charge in [0.2, 0.25) is 5.88 Å². The number of hydrogen-bond acceptors (Lipinski definition) is 4. The fraction of sp³-hybridized carbons (Fsp3) is 0.143. The van der Waals surface area contributed by atoms with Gasteiger partial charge in [-0.05, 0) is 31.5 Å². The Balaban J connectivity index is 2.51. The van der Waals surface area contributed by atoms with Gasteiger partial charge in [0.15, 0.2) is 5.75 Å². The second kappa shape index (κ2) is 5.58. The van der Waals surface area contributed by atoms with Crippen molar-refractivity contribution in [1.82, 2.24) is 4.98 Å². The van der Waals surface area contributed by atoms with Crippen LogP contribution in [0.5, 0.6) is 11.6 Å². The van der Waals surface area contributed by atoms with Gasteiger partial charge >= 0.3 is 0 Å². The first kappa shape index (κ1) is 14.4. The van der Waals surface area contributed by atoms with Crippen LogP contribution in [0.25, 0.3) is 0 Å².